The minimum atomic E-state index is -0.620. The quantitative estimate of drug-likeness (QED) is 0.783. The highest BCUT2D eigenvalue weighted by Gasteiger charge is 2.59. The van der Waals surface area contributed by atoms with Crippen LogP contribution >= 0.6 is 0 Å². The number of aliphatic carboxylic acids is 1. The fourth-order valence-corrected chi connectivity index (χ4v) is 7.75. The van der Waals surface area contributed by atoms with Gasteiger partial charge in [0, 0.05) is 6.42 Å². The molecule has 0 unspecified atom stereocenters. The highest BCUT2D eigenvalue weighted by molar-refractivity contribution is 5.67. The van der Waals surface area contributed by atoms with E-state index in [0.29, 0.717) is 17.8 Å². The largest absolute Gasteiger partial charge is 0.481 e. The van der Waals surface area contributed by atoms with Crippen molar-refractivity contribution in [3.05, 3.63) is 0 Å². The lowest BCUT2D eigenvalue weighted by atomic mass is 9.44. The van der Waals surface area contributed by atoms with Crippen LogP contribution in [0, 0.1) is 40.4 Å². The lowest BCUT2D eigenvalue weighted by molar-refractivity contribution is -0.142. The molecular weight excluding hydrogens is 300 g/mol. The van der Waals surface area contributed by atoms with Crippen molar-refractivity contribution in [2.75, 3.05) is 0 Å². The molecule has 136 valence electrons. The van der Waals surface area contributed by atoms with Crippen molar-refractivity contribution in [1.29, 1.82) is 0 Å². The molecule has 4 rings (SSSR count). The number of carbonyl (C=O) groups is 1. The van der Waals surface area contributed by atoms with Gasteiger partial charge in [-0.3, -0.25) is 4.79 Å². The summed E-state index contributed by atoms with van der Waals surface area (Å²) in [5.41, 5.74) is 0.595. The van der Waals surface area contributed by atoms with E-state index in [0.717, 1.165) is 42.9 Å². The molecule has 0 aromatic rings. The Morgan fingerprint density at radius 2 is 1.67 bits per heavy atom. The number of fused-ring (bicyclic) bond motifs is 5. The van der Waals surface area contributed by atoms with Gasteiger partial charge in [0.1, 0.15) is 0 Å². The molecule has 0 aromatic carbocycles. The number of carboxylic acid groups (broad SMARTS) is 1. The summed E-state index contributed by atoms with van der Waals surface area (Å²) in [6.07, 6.45) is 11.1. The van der Waals surface area contributed by atoms with E-state index in [9.17, 15) is 9.90 Å². The Kier molecular flexibility index (Phi) is 4.02. The molecule has 0 bridgehead atoms. The molecule has 0 aromatic heterocycles. The molecule has 0 saturated heterocycles. The van der Waals surface area contributed by atoms with Gasteiger partial charge in [0.05, 0.1) is 6.10 Å². The summed E-state index contributed by atoms with van der Waals surface area (Å²) >= 11 is 0. The van der Waals surface area contributed by atoms with Crippen LogP contribution < -0.4 is 0 Å². The molecule has 3 nitrogen and oxygen atoms in total. The molecule has 2 N–H and O–H groups in total. The lowest BCUT2D eigenvalue weighted by Gasteiger charge is -2.61. The van der Waals surface area contributed by atoms with Gasteiger partial charge < -0.3 is 10.2 Å². The first-order chi connectivity index (χ1) is 11.3. The van der Waals surface area contributed by atoms with Crippen LogP contribution in [0.4, 0.5) is 0 Å². The van der Waals surface area contributed by atoms with Crippen LogP contribution in [0.3, 0.4) is 0 Å². The van der Waals surface area contributed by atoms with Crippen LogP contribution in [-0.2, 0) is 4.79 Å². The molecule has 8 atom stereocenters. The van der Waals surface area contributed by atoms with Gasteiger partial charge in [0.15, 0.2) is 0 Å². The first-order valence-electron chi connectivity index (χ1n) is 10.2. The van der Waals surface area contributed by atoms with Crippen molar-refractivity contribution in [2.45, 2.75) is 84.2 Å². The van der Waals surface area contributed by atoms with Crippen LogP contribution in [0.1, 0.15) is 78.1 Å². The van der Waals surface area contributed by atoms with Crippen molar-refractivity contribution >= 4 is 5.97 Å². The molecule has 4 aliphatic rings. The summed E-state index contributed by atoms with van der Waals surface area (Å²) in [7, 11) is 0. The van der Waals surface area contributed by atoms with Crippen LogP contribution in [-0.4, -0.2) is 22.3 Å². The number of hydrogen-bond acceptors (Lipinski definition) is 2. The molecular formula is C21H34O3. The zero-order valence-corrected chi connectivity index (χ0v) is 15.3. The Hall–Kier alpha value is -0.570. The smallest absolute Gasteiger partial charge is 0.303 e. The maximum Gasteiger partial charge on any atom is 0.303 e. The number of rotatable bonds is 2. The summed E-state index contributed by atoms with van der Waals surface area (Å²) in [5.74, 6) is 2.85. The molecule has 0 heterocycles. The van der Waals surface area contributed by atoms with Crippen molar-refractivity contribution in [1.82, 2.24) is 0 Å². The predicted molar refractivity (Wildman–Crippen MR) is 93.5 cm³/mol. The fourth-order valence-electron chi connectivity index (χ4n) is 7.75. The van der Waals surface area contributed by atoms with Gasteiger partial charge in [-0.2, -0.15) is 0 Å². The zero-order valence-electron chi connectivity index (χ0n) is 15.3. The zero-order chi connectivity index (χ0) is 17.1. The number of hydrogen-bond donors (Lipinski definition) is 2. The number of aliphatic hydroxyl groups excluding tert-OH is 1. The van der Waals surface area contributed by atoms with E-state index >= 15 is 0 Å². The molecule has 0 amide bonds. The van der Waals surface area contributed by atoms with E-state index in [-0.39, 0.29) is 11.5 Å². The number of carboxylic acids is 1. The van der Waals surface area contributed by atoms with Crippen molar-refractivity contribution < 1.29 is 15.0 Å². The minimum absolute atomic E-state index is 0.0831. The molecule has 0 spiro atoms. The van der Waals surface area contributed by atoms with Crippen molar-refractivity contribution in [3.63, 3.8) is 0 Å². The van der Waals surface area contributed by atoms with Gasteiger partial charge in [0.2, 0.25) is 0 Å². The van der Waals surface area contributed by atoms with Crippen LogP contribution in [0.25, 0.3) is 0 Å². The summed E-state index contributed by atoms with van der Waals surface area (Å²) in [6, 6.07) is 0. The van der Waals surface area contributed by atoms with Gasteiger partial charge in [-0.25, -0.2) is 0 Å². The highest BCUT2D eigenvalue weighted by atomic mass is 16.4. The summed E-state index contributed by atoms with van der Waals surface area (Å²) < 4.78 is 0. The summed E-state index contributed by atoms with van der Waals surface area (Å²) in [6.45, 7) is 4.88. The van der Waals surface area contributed by atoms with Gasteiger partial charge in [-0.05, 0) is 98.2 Å². The van der Waals surface area contributed by atoms with Crippen LogP contribution in [0.2, 0.25) is 0 Å². The minimum Gasteiger partial charge on any atom is -0.481 e. The molecule has 0 aliphatic heterocycles. The van der Waals surface area contributed by atoms with Gasteiger partial charge in [-0.1, -0.05) is 13.8 Å². The monoisotopic (exact) mass is 334 g/mol. The second kappa shape index (κ2) is 5.72. The Morgan fingerprint density at radius 1 is 0.958 bits per heavy atom. The standard InChI is InChI=1S/C21H34O3/c1-20-9-7-13(12-19(23)24)11-14(20)3-4-15-16-5-6-18(22)21(16,2)10-8-17(15)20/h13-18,22H,3-12H2,1-2H3,(H,23,24)/t13-,14-,15+,16+,17-,18-,20-,21-/m0/s1. The van der Waals surface area contributed by atoms with E-state index in [4.69, 9.17) is 5.11 Å². The van der Waals surface area contributed by atoms with Gasteiger partial charge >= 0.3 is 5.97 Å². The van der Waals surface area contributed by atoms with Crippen LogP contribution in [0.15, 0.2) is 0 Å². The van der Waals surface area contributed by atoms with Crippen molar-refractivity contribution in [2.24, 2.45) is 40.4 Å². The molecule has 4 saturated carbocycles. The maximum absolute atomic E-state index is 11.1. The van der Waals surface area contributed by atoms with E-state index in [1.54, 1.807) is 0 Å². The average Bonchev–Trinajstić information content (AvgIpc) is 2.83. The van der Waals surface area contributed by atoms with E-state index in [1.807, 2.05) is 0 Å². The van der Waals surface area contributed by atoms with Gasteiger partial charge in [-0.15, -0.1) is 0 Å². The van der Waals surface area contributed by atoms with Crippen LogP contribution in [0.5, 0.6) is 0 Å². The van der Waals surface area contributed by atoms with E-state index in [1.165, 1.54) is 38.5 Å². The normalized spacial score (nSPS) is 53.8. The fraction of sp³-hybridized carbons (Fsp3) is 0.952. The summed E-state index contributed by atoms with van der Waals surface area (Å²) in [5, 5.41) is 19.7. The molecule has 4 fully saturated rings. The number of aliphatic hydroxyl groups is 1. The molecule has 3 heteroatoms. The SMILES string of the molecule is C[C@]12CC[C@H]3[C@H](CC[C@H]4C[C@@H](CC(=O)O)CC[C@@]43C)[C@H]1CC[C@@H]2O. The first-order valence-corrected chi connectivity index (χ1v) is 10.2. The first kappa shape index (κ1) is 16.9. The Balaban J connectivity index is 1.53. The topological polar surface area (TPSA) is 57.5 Å². The highest BCUT2D eigenvalue weighted by Crippen LogP contribution is 2.66. The third-order valence-corrected chi connectivity index (χ3v) is 9.19. The van der Waals surface area contributed by atoms with E-state index in [2.05, 4.69) is 13.8 Å². The second-order valence-electron chi connectivity index (χ2n) is 10.0. The average molecular weight is 335 g/mol. The maximum atomic E-state index is 11.1. The Labute approximate surface area is 146 Å². The predicted octanol–water partition coefficient (Wildman–Crippen LogP) is 4.48. The summed E-state index contributed by atoms with van der Waals surface area (Å²) in [4.78, 5) is 11.1. The molecule has 24 heavy (non-hydrogen) atoms. The van der Waals surface area contributed by atoms with E-state index < -0.39 is 5.97 Å². The molecule has 4 aliphatic carbocycles. The lowest BCUT2D eigenvalue weighted by Crippen LogP contribution is -2.54. The molecule has 0 radical (unpaired) electrons. The second-order valence-corrected chi connectivity index (χ2v) is 10.0. The van der Waals surface area contributed by atoms with Crippen molar-refractivity contribution in [3.8, 4) is 0 Å². The third-order valence-electron chi connectivity index (χ3n) is 9.19. The van der Waals surface area contributed by atoms with Gasteiger partial charge in [0.25, 0.3) is 0 Å². The third kappa shape index (κ3) is 2.37. The Morgan fingerprint density at radius 3 is 2.42 bits per heavy atom. The Bertz CT molecular complexity index is 517.